The van der Waals surface area contributed by atoms with Crippen LogP contribution in [0.5, 0.6) is 0 Å². The second kappa shape index (κ2) is 10.8. The second-order valence-corrected chi connectivity index (χ2v) is 7.87. The van der Waals surface area contributed by atoms with Crippen molar-refractivity contribution in [3.63, 3.8) is 0 Å². The van der Waals surface area contributed by atoms with E-state index in [4.69, 9.17) is 9.47 Å². The lowest BCUT2D eigenvalue weighted by molar-refractivity contribution is -0.870. The van der Waals surface area contributed by atoms with Crippen LogP contribution in [0.25, 0.3) is 0 Å². The average Bonchev–Trinajstić information content (AvgIpc) is 2.45. The number of quaternary nitrogens is 2. The fourth-order valence-electron chi connectivity index (χ4n) is 1.53. The van der Waals surface area contributed by atoms with Crippen LogP contribution in [0.2, 0.25) is 0 Å². The first-order chi connectivity index (χ1) is 11.4. The van der Waals surface area contributed by atoms with Gasteiger partial charge in [-0.1, -0.05) is 18.2 Å². The Labute approximate surface area is 152 Å². The normalized spacial score (nSPS) is 11.2. The van der Waals surface area contributed by atoms with E-state index in [2.05, 4.69) is 42.3 Å². The van der Waals surface area contributed by atoms with Gasteiger partial charge < -0.3 is 18.4 Å². The van der Waals surface area contributed by atoms with E-state index >= 15 is 0 Å². The highest BCUT2D eigenvalue weighted by atomic mass is 16.5. The van der Waals surface area contributed by atoms with Gasteiger partial charge in [-0.3, -0.25) is 4.79 Å². The maximum absolute atomic E-state index is 11.5. The van der Waals surface area contributed by atoms with E-state index in [1.807, 2.05) is 18.2 Å². The molecule has 0 amide bonds. The van der Waals surface area contributed by atoms with E-state index < -0.39 is 0 Å². The zero-order chi connectivity index (χ0) is 19.5. The van der Waals surface area contributed by atoms with E-state index in [1.165, 1.54) is 6.92 Å². The third kappa shape index (κ3) is 15.4. The highest BCUT2D eigenvalue weighted by Crippen LogP contribution is 2.01. The standard InChI is InChI=1S/C12H18NO2.C7H16NO2/c1-13(2,3)9-10-15-12(14)11-7-5-4-6-8-11;1-7(9)10-6-5-8(2,3)4/h4-8H,9-10H2,1-3H3;5-6H2,1-4H3/q2*+1. The maximum atomic E-state index is 11.5. The Hall–Kier alpha value is -1.92. The second-order valence-electron chi connectivity index (χ2n) is 7.87. The molecule has 0 saturated carbocycles. The average molecular weight is 354 g/mol. The van der Waals surface area contributed by atoms with E-state index in [0.29, 0.717) is 18.8 Å². The van der Waals surface area contributed by atoms with Crippen LogP contribution in [0, 0.1) is 0 Å². The van der Waals surface area contributed by atoms with Gasteiger partial charge in [0.25, 0.3) is 0 Å². The van der Waals surface area contributed by atoms with Crippen LogP contribution in [0.15, 0.2) is 30.3 Å². The predicted molar refractivity (Wildman–Crippen MR) is 99.2 cm³/mol. The molecule has 0 aliphatic carbocycles. The molecular formula is C19H34N2O4+2. The summed E-state index contributed by atoms with van der Waals surface area (Å²) in [7, 11) is 12.4. The highest BCUT2D eigenvalue weighted by Gasteiger charge is 2.10. The molecule has 0 bridgehead atoms. The van der Waals surface area contributed by atoms with Gasteiger partial charge in [0.1, 0.15) is 26.3 Å². The Morgan fingerprint density at radius 1 is 0.800 bits per heavy atom. The smallest absolute Gasteiger partial charge is 0.338 e. The molecule has 1 rings (SSSR count). The number of hydrogen-bond donors (Lipinski definition) is 0. The molecule has 0 heterocycles. The lowest BCUT2D eigenvalue weighted by Gasteiger charge is -2.23. The van der Waals surface area contributed by atoms with Crippen molar-refractivity contribution in [2.24, 2.45) is 0 Å². The van der Waals surface area contributed by atoms with E-state index in [9.17, 15) is 9.59 Å². The molecule has 0 atom stereocenters. The van der Waals surface area contributed by atoms with E-state index in [-0.39, 0.29) is 11.9 Å². The molecule has 0 fully saturated rings. The minimum absolute atomic E-state index is 0.201. The summed E-state index contributed by atoms with van der Waals surface area (Å²) >= 11 is 0. The van der Waals surface area contributed by atoms with Crippen molar-refractivity contribution in [2.75, 3.05) is 68.6 Å². The molecule has 142 valence electrons. The molecule has 0 aromatic heterocycles. The number of nitrogens with zero attached hydrogens (tertiary/aromatic N) is 2. The third-order valence-corrected chi connectivity index (χ3v) is 3.07. The fourth-order valence-corrected chi connectivity index (χ4v) is 1.53. The summed E-state index contributed by atoms with van der Waals surface area (Å²) in [5, 5.41) is 0. The summed E-state index contributed by atoms with van der Waals surface area (Å²) in [6, 6.07) is 9.05. The minimum atomic E-state index is -0.246. The Morgan fingerprint density at radius 2 is 1.24 bits per heavy atom. The zero-order valence-corrected chi connectivity index (χ0v) is 16.7. The molecule has 0 spiro atoms. The largest absolute Gasteiger partial charge is 0.460 e. The van der Waals surface area contributed by atoms with Gasteiger partial charge in [-0.2, -0.15) is 0 Å². The summed E-state index contributed by atoms with van der Waals surface area (Å²) in [6.07, 6.45) is 0. The van der Waals surface area contributed by atoms with E-state index in [1.54, 1.807) is 12.1 Å². The number of ether oxygens (including phenoxy) is 2. The van der Waals surface area contributed by atoms with Crippen LogP contribution in [-0.4, -0.2) is 89.5 Å². The molecule has 0 aliphatic rings. The highest BCUT2D eigenvalue weighted by molar-refractivity contribution is 5.89. The first-order valence-corrected chi connectivity index (χ1v) is 8.37. The van der Waals surface area contributed by atoms with Crippen molar-refractivity contribution in [1.29, 1.82) is 0 Å². The monoisotopic (exact) mass is 354 g/mol. The first kappa shape index (κ1) is 23.1. The Kier molecular flexibility index (Phi) is 10.0. The van der Waals surface area contributed by atoms with Gasteiger partial charge in [0.05, 0.1) is 47.8 Å². The summed E-state index contributed by atoms with van der Waals surface area (Å²) in [4.78, 5) is 21.8. The summed E-state index contributed by atoms with van der Waals surface area (Å²) in [5.41, 5.74) is 0.610. The SMILES string of the molecule is CC(=O)OCC[N+](C)(C)C.C[N+](C)(C)CCOC(=O)c1ccccc1. The van der Waals surface area contributed by atoms with Crippen LogP contribution in [0.4, 0.5) is 0 Å². The topological polar surface area (TPSA) is 52.6 Å². The molecule has 25 heavy (non-hydrogen) atoms. The summed E-state index contributed by atoms with van der Waals surface area (Å²) < 4.78 is 11.5. The Morgan fingerprint density at radius 3 is 1.64 bits per heavy atom. The van der Waals surface area contributed by atoms with Crippen molar-refractivity contribution in [3.05, 3.63) is 35.9 Å². The Bertz CT molecular complexity index is 516. The number of carbonyl (C=O) groups excluding carboxylic acids is 2. The van der Waals surface area contributed by atoms with Crippen LogP contribution >= 0.6 is 0 Å². The Balaban J connectivity index is 0.000000504. The number of rotatable bonds is 7. The summed E-state index contributed by atoms with van der Waals surface area (Å²) in [6.45, 7) is 4.07. The molecule has 0 saturated heterocycles. The lowest BCUT2D eigenvalue weighted by atomic mass is 10.2. The van der Waals surface area contributed by atoms with Crippen molar-refractivity contribution in [2.45, 2.75) is 6.92 Å². The van der Waals surface area contributed by atoms with Crippen molar-refractivity contribution >= 4 is 11.9 Å². The van der Waals surface area contributed by atoms with Crippen LogP contribution in [0.1, 0.15) is 17.3 Å². The quantitative estimate of drug-likeness (QED) is 0.553. The van der Waals surface area contributed by atoms with Crippen molar-refractivity contribution < 1.29 is 28.0 Å². The van der Waals surface area contributed by atoms with Crippen molar-refractivity contribution in [1.82, 2.24) is 0 Å². The number of benzene rings is 1. The molecule has 1 aromatic carbocycles. The molecule has 0 N–H and O–H groups in total. The first-order valence-electron chi connectivity index (χ1n) is 8.37. The molecule has 0 unspecified atom stereocenters. The number of hydrogen-bond acceptors (Lipinski definition) is 4. The van der Waals surface area contributed by atoms with Gasteiger partial charge in [-0.25, -0.2) is 4.79 Å². The van der Waals surface area contributed by atoms with Crippen molar-refractivity contribution in [3.8, 4) is 0 Å². The van der Waals surface area contributed by atoms with Gasteiger partial charge in [-0.15, -0.1) is 0 Å². The van der Waals surface area contributed by atoms with Gasteiger partial charge in [0, 0.05) is 6.92 Å². The summed E-state index contributed by atoms with van der Waals surface area (Å²) in [5.74, 6) is -0.447. The number of carbonyl (C=O) groups is 2. The van der Waals surface area contributed by atoms with Crippen LogP contribution in [0.3, 0.4) is 0 Å². The number of esters is 2. The lowest BCUT2D eigenvalue weighted by Crippen LogP contribution is -2.38. The molecule has 1 aromatic rings. The predicted octanol–water partition coefficient (Wildman–Crippen LogP) is 1.81. The molecular weight excluding hydrogens is 320 g/mol. The van der Waals surface area contributed by atoms with Gasteiger partial charge in [-0.05, 0) is 12.1 Å². The molecule has 0 radical (unpaired) electrons. The van der Waals surface area contributed by atoms with E-state index in [0.717, 1.165) is 22.1 Å². The van der Waals surface area contributed by atoms with Gasteiger partial charge in [0.15, 0.2) is 0 Å². The molecule has 0 aliphatic heterocycles. The fraction of sp³-hybridized carbons (Fsp3) is 0.579. The van der Waals surface area contributed by atoms with Crippen LogP contribution in [-0.2, 0) is 14.3 Å². The third-order valence-electron chi connectivity index (χ3n) is 3.07. The minimum Gasteiger partial charge on any atom is -0.460 e. The molecule has 6 nitrogen and oxygen atoms in total. The molecule has 6 heteroatoms. The number of likely N-dealkylation sites (N-methyl/N-ethyl adjacent to an activating group) is 2. The van der Waals surface area contributed by atoms with Crippen LogP contribution < -0.4 is 0 Å². The zero-order valence-electron chi connectivity index (χ0n) is 16.7. The van der Waals surface area contributed by atoms with Gasteiger partial charge >= 0.3 is 11.9 Å². The van der Waals surface area contributed by atoms with Gasteiger partial charge in [0.2, 0.25) is 0 Å². The maximum Gasteiger partial charge on any atom is 0.338 e.